The van der Waals surface area contributed by atoms with Crippen molar-refractivity contribution in [2.45, 2.75) is 13.8 Å². The Morgan fingerprint density at radius 3 is 2.59 bits per heavy atom. The van der Waals surface area contributed by atoms with Crippen LogP contribution in [0, 0.1) is 13.8 Å². The maximum absolute atomic E-state index is 12.2. The predicted molar refractivity (Wildman–Crippen MR) is 65.8 cm³/mol. The van der Waals surface area contributed by atoms with Gasteiger partial charge in [0.05, 0.1) is 4.88 Å². The molecule has 0 radical (unpaired) electrons. The Morgan fingerprint density at radius 2 is 2.12 bits per heavy atom. The van der Waals surface area contributed by atoms with E-state index in [2.05, 4.69) is 5.10 Å². The molecule has 0 fully saturated rings. The first kappa shape index (κ1) is 11.7. The fourth-order valence-electron chi connectivity index (χ4n) is 1.60. The van der Waals surface area contributed by atoms with Gasteiger partial charge in [0.2, 0.25) is 5.78 Å². The van der Waals surface area contributed by atoms with E-state index in [1.807, 2.05) is 13.8 Å². The molecule has 2 aromatic heterocycles. The molecule has 0 N–H and O–H groups in total. The molecule has 0 unspecified atom stereocenters. The Balaban J connectivity index is 2.42. The van der Waals surface area contributed by atoms with Gasteiger partial charge in [0.15, 0.2) is 6.29 Å². The smallest absolute Gasteiger partial charge is 0.214 e. The predicted octanol–water partition coefficient (Wildman–Crippen LogP) is 2.14. The van der Waals surface area contributed by atoms with Crippen molar-refractivity contribution in [3.05, 3.63) is 38.8 Å². The normalized spacial score (nSPS) is 10.5. The quantitative estimate of drug-likeness (QED) is 0.617. The molecule has 0 aliphatic carbocycles. The zero-order valence-electron chi connectivity index (χ0n) is 9.85. The minimum Gasteiger partial charge on any atom is -0.297 e. The molecule has 2 aromatic rings. The minimum absolute atomic E-state index is 0.129. The molecule has 2 rings (SSSR count). The van der Waals surface area contributed by atoms with Gasteiger partial charge in [-0.25, -0.2) is 0 Å². The Morgan fingerprint density at radius 1 is 1.41 bits per heavy atom. The third-order valence-electron chi connectivity index (χ3n) is 2.64. The molecule has 4 nitrogen and oxygen atoms in total. The fraction of sp³-hybridized carbons (Fsp3) is 0.250. The molecule has 5 heteroatoms. The lowest BCUT2D eigenvalue weighted by Gasteiger charge is -1.94. The number of aromatic nitrogens is 2. The van der Waals surface area contributed by atoms with Crippen molar-refractivity contribution in [3.63, 3.8) is 0 Å². The zero-order valence-corrected chi connectivity index (χ0v) is 10.7. The van der Waals surface area contributed by atoms with Crippen LogP contribution in [0.2, 0.25) is 0 Å². The second-order valence-electron chi connectivity index (χ2n) is 3.86. The Labute approximate surface area is 103 Å². The summed E-state index contributed by atoms with van der Waals surface area (Å²) < 4.78 is 1.66. The van der Waals surface area contributed by atoms with Crippen LogP contribution in [0.15, 0.2) is 12.1 Å². The second-order valence-corrected chi connectivity index (χ2v) is 5.15. The van der Waals surface area contributed by atoms with Crippen molar-refractivity contribution in [2.75, 3.05) is 0 Å². The van der Waals surface area contributed by atoms with E-state index in [9.17, 15) is 9.59 Å². The molecular formula is C12H12N2O2S. The summed E-state index contributed by atoms with van der Waals surface area (Å²) in [4.78, 5) is 24.3. The molecule has 17 heavy (non-hydrogen) atoms. The van der Waals surface area contributed by atoms with Crippen molar-refractivity contribution >= 4 is 23.4 Å². The number of thiophene rings is 1. The highest BCUT2D eigenvalue weighted by Gasteiger charge is 2.18. The highest BCUT2D eigenvalue weighted by atomic mass is 32.1. The van der Waals surface area contributed by atoms with Crippen LogP contribution in [-0.4, -0.2) is 21.8 Å². The van der Waals surface area contributed by atoms with E-state index in [0.717, 1.165) is 16.9 Å². The summed E-state index contributed by atoms with van der Waals surface area (Å²) in [5, 5.41) is 4.15. The van der Waals surface area contributed by atoms with Crippen molar-refractivity contribution in [1.82, 2.24) is 9.78 Å². The minimum atomic E-state index is -0.129. The largest absolute Gasteiger partial charge is 0.297 e. The molecule has 88 valence electrons. The van der Waals surface area contributed by atoms with Gasteiger partial charge in [-0.2, -0.15) is 5.10 Å². The topological polar surface area (TPSA) is 52.0 Å². The van der Waals surface area contributed by atoms with Gasteiger partial charge in [-0.3, -0.25) is 14.3 Å². The summed E-state index contributed by atoms with van der Waals surface area (Å²) in [7, 11) is 1.80. The molecular weight excluding hydrogens is 236 g/mol. The van der Waals surface area contributed by atoms with Crippen molar-refractivity contribution < 1.29 is 9.59 Å². The molecule has 0 saturated heterocycles. The zero-order chi connectivity index (χ0) is 12.6. The number of aryl methyl sites for hydroxylation is 3. The Bertz CT molecular complexity index is 576. The number of ketones is 1. The first-order valence-electron chi connectivity index (χ1n) is 5.14. The maximum Gasteiger partial charge on any atom is 0.214 e. The van der Waals surface area contributed by atoms with Crippen molar-refractivity contribution in [1.29, 1.82) is 0 Å². The lowest BCUT2D eigenvalue weighted by molar-refractivity contribution is 0.103. The Hall–Kier alpha value is -1.75. The maximum atomic E-state index is 12.2. The number of carbonyl (C=O) groups excluding carboxylic acids is 2. The molecule has 0 atom stereocenters. The number of aldehydes is 1. The summed E-state index contributed by atoms with van der Waals surface area (Å²) in [5.41, 5.74) is 1.91. The number of hydrogen-bond donors (Lipinski definition) is 0. The average Bonchev–Trinajstić information content (AvgIpc) is 2.82. The van der Waals surface area contributed by atoms with E-state index in [-0.39, 0.29) is 5.78 Å². The molecule has 0 spiro atoms. The van der Waals surface area contributed by atoms with Crippen LogP contribution in [-0.2, 0) is 7.05 Å². The van der Waals surface area contributed by atoms with E-state index < -0.39 is 0 Å². The number of carbonyl (C=O) groups is 2. The fourth-order valence-corrected chi connectivity index (χ4v) is 2.44. The highest BCUT2D eigenvalue weighted by molar-refractivity contribution is 7.14. The standard InChI is InChI=1S/C12H12N2O2S/c1-7-4-11(13-14(7)3)12(16)10-5-9(6-15)17-8(10)2/h4-6H,1-3H3. The monoisotopic (exact) mass is 248 g/mol. The van der Waals surface area contributed by atoms with Crippen LogP contribution in [0.4, 0.5) is 0 Å². The van der Waals surface area contributed by atoms with Gasteiger partial charge >= 0.3 is 0 Å². The van der Waals surface area contributed by atoms with Gasteiger partial charge in [-0.15, -0.1) is 11.3 Å². The van der Waals surface area contributed by atoms with E-state index >= 15 is 0 Å². The molecule has 0 bridgehead atoms. The van der Waals surface area contributed by atoms with Gasteiger partial charge in [0.25, 0.3) is 0 Å². The number of rotatable bonds is 3. The van der Waals surface area contributed by atoms with Crippen LogP contribution >= 0.6 is 11.3 Å². The van der Waals surface area contributed by atoms with E-state index in [0.29, 0.717) is 16.1 Å². The first-order valence-corrected chi connectivity index (χ1v) is 5.95. The third kappa shape index (κ3) is 2.06. The van der Waals surface area contributed by atoms with Crippen LogP contribution < -0.4 is 0 Å². The van der Waals surface area contributed by atoms with Gasteiger partial charge < -0.3 is 0 Å². The van der Waals surface area contributed by atoms with Crippen LogP contribution in [0.1, 0.15) is 36.3 Å². The van der Waals surface area contributed by atoms with Gasteiger partial charge in [-0.05, 0) is 26.0 Å². The van der Waals surface area contributed by atoms with Crippen LogP contribution in [0.25, 0.3) is 0 Å². The number of hydrogen-bond acceptors (Lipinski definition) is 4. The summed E-state index contributed by atoms with van der Waals surface area (Å²) in [6, 6.07) is 3.37. The van der Waals surface area contributed by atoms with Gasteiger partial charge in [-0.1, -0.05) is 0 Å². The SMILES string of the molecule is Cc1sc(C=O)cc1C(=O)c1cc(C)n(C)n1. The van der Waals surface area contributed by atoms with E-state index in [1.54, 1.807) is 23.9 Å². The second kappa shape index (κ2) is 4.25. The summed E-state index contributed by atoms with van der Waals surface area (Å²) >= 11 is 1.32. The lowest BCUT2D eigenvalue weighted by Crippen LogP contribution is -2.03. The van der Waals surface area contributed by atoms with E-state index in [4.69, 9.17) is 0 Å². The van der Waals surface area contributed by atoms with Crippen LogP contribution in [0.5, 0.6) is 0 Å². The highest BCUT2D eigenvalue weighted by Crippen LogP contribution is 2.22. The molecule has 0 saturated carbocycles. The van der Waals surface area contributed by atoms with Crippen LogP contribution in [0.3, 0.4) is 0 Å². The third-order valence-corrected chi connectivity index (χ3v) is 3.62. The van der Waals surface area contributed by atoms with E-state index in [1.165, 1.54) is 11.3 Å². The van der Waals surface area contributed by atoms with Crippen molar-refractivity contribution in [2.24, 2.45) is 7.05 Å². The molecule has 0 aromatic carbocycles. The van der Waals surface area contributed by atoms with Crippen molar-refractivity contribution in [3.8, 4) is 0 Å². The average molecular weight is 248 g/mol. The summed E-state index contributed by atoms with van der Waals surface area (Å²) in [6.07, 6.45) is 0.762. The molecule has 2 heterocycles. The summed E-state index contributed by atoms with van der Waals surface area (Å²) in [6.45, 7) is 3.72. The summed E-state index contributed by atoms with van der Waals surface area (Å²) in [5.74, 6) is -0.129. The molecule has 0 aliphatic rings. The number of nitrogens with zero attached hydrogens (tertiary/aromatic N) is 2. The molecule has 0 amide bonds. The van der Waals surface area contributed by atoms with Gasteiger partial charge in [0.1, 0.15) is 5.69 Å². The molecule has 0 aliphatic heterocycles. The first-order chi connectivity index (χ1) is 8.02. The Kier molecular flexibility index (Phi) is 2.93. The van der Waals surface area contributed by atoms with Gasteiger partial charge in [0, 0.05) is 23.2 Å². The lowest BCUT2D eigenvalue weighted by atomic mass is 10.1.